The van der Waals surface area contributed by atoms with Gasteiger partial charge in [0.05, 0.1) is 0 Å². The summed E-state index contributed by atoms with van der Waals surface area (Å²) in [5.74, 6) is 0.479. The molecule has 27 heavy (non-hydrogen) atoms. The van der Waals surface area contributed by atoms with Crippen molar-refractivity contribution in [2.24, 2.45) is 0 Å². The van der Waals surface area contributed by atoms with Crippen LogP contribution in [-0.4, -0.2) is 0 Å². The molecule has 1 unspecified atom stereocenters. The highest BCUT2D eigenvalue weighted by atomic mass is 14.6. The minimum atomic E-state index is 0.479. The van der Waals surface area contributed by atoms with Gasteiger partial charge in [-0.05, 0) is 90.6 Å². The molecule has 1 nitrogen and oxygen atoms in total. The molecule has 0 aromatic heterocycles. The maximum Gasteiger partial charge on any atom is 0.0400 e. The van der Waals surface area contributed by atoms with Crippen LogP contribution in [0.25, 0.3) is 22.3 Å². The van der Waals surface area contributed by atoms with Crippen LogP contribution < -0.4 is 5.73 Å². The second-order valence-corrected chi connectivity index (χ2v) is 7.90. The number of hydrogen-bond donors (Lipinski definition) is 1. The number of benzene rings is 3. The molecule has 0 amide bonds. The predicted octanol–water partition coefficient (Wildman–Crippen LogP) is 7.35. The smallest absolute Gasteiger partial charge is 0.0400 e. The van der Waals surface area contributed by atoms with Crippen molar-refractivity contribution < 1.29 is 0 Å². The van der Waals surface area contributed by atoms with E-state index in [1.165, 1.54) is 50.1 Å². The summed E-state index contributed by atoms with van der Waals surface area (Å²) in [6, 6.07) is 17.7. The summed E-state index contributed by atoms with van der Waals surface area (Å²) in [4.78, 5) is 0. The number of rotatable bonds is 4. The van der Waals surface area contributed by atoms with Crippen LogP contribution in [0, 0.1) is 27.7 Å². The van der Waals surface area contributed by atoms with E-state index in [2.05, 4.69) is 90.1 Å². The van der Waals surface area contributed by atoms with Crippen molar-refractivity contribution in [3.05, 3.63) is 76.3 Å². The lowest BCUT2D eigenvalue weighted by Gasteiger charge is -2.22. The lowest BCUT2D eigenvalue weighted by molar-refractivity contribution is 0.735. The van der Waals surface area contributed by atoms with Crippen molar-refractivity contribution in [1.82, 2.24) is 0 Å². The Morgan fingerprint density at radius 3 is 1.70 bits per heavy atom. The normalized spacial score (nSPS) is 12.2. The highest BCUT2D eigenvalue weighted by molar-refractivity contribution is 5.93. The van der Waals surface area contributed by atoms with Gasteiger partial charge in [-0.25, -0.2) is 0 Å². The summed E-state index contributed by atoms with van der Waals surface area (Å²) < 4.78 is 0. The monoisotopic (exact) mass is 357 g/mol. The Balaban J connectivity index is 2.37. The fraction of sp³-hybridized carbons (Fsp3) is 0.308. The molecule has 0 saturated heterocycles. The molecule has 0 bridgehead atoms. The molecule has 2 N–H and O–H groups in total. The van der Waals surface area contributed by atoms with Crippen molar-refractivity contribution in [1.29, 1.82) is 0 Å². The topological polar surface area (TPSA) is 26.0 Å². The standard InChI is InChI=1S/C26H31N/c1-7-16(2)23-12-13-24(27)26(22-11-9-18(4)20(6)15-22)25(23)21-10-8-17(3)19(5)14-21/h8-16H,7,27H2,1-6H3. The van der Waals surface area contributed by atoms with E-state index in [1.54, 1.807) is 0 Å². The maximum atomic E-state index is 6.56. The summed E-state index contributed by atoms with van der Waals surface area (Å²) in [6.45, 7) is 13.2. The summed E-state index contributed by atoms with van der Waals surface area (Å²) in [7, 11) is 0. The molecule has 1 heteroatoms. The van der Waals surface area contributed by atoms with E-state index in [1.807, 2.05) is 0 Å². The summed E-state index contributed by atoms with van der Waals surface area (Å²) >= 11 is 0. The van der Waals surface area contributed by atoms with Crippen LogP contribution in [0.15, 0.2) is 48.5 Å². The minimum absolute atomic E-state index is 0.479. The minimum Gasteiger partial charge on any atom is -0.398 e. The SMILES string of the molecule is CCC(C)c1ccc(N)c(-c2ccc(C)c(C)c2)c1-c1ccc(C)c(C)c1. The Bertz CT molecular complexity index is 982. The number of nitrogens with two attached hydrogens (primary N) is 1. The van der Waals surface area contributed by atoms with Crippen molar-refractivity contribution in [2.45, 2.75) is 53.9 Å². The molecule has 3 rings (SSSR count). The van der Waals surface area contributed by atoms with Crippen LogP contribution in [-0.2, 0) is 0 Å². The van der Waals surface area contributed by atoms with E-state index in [9.17, 15) is 0 Å². The van der Waals surface area contributed by atoms with Crippen molar-refractivity contribution in [2.75, 3.05) is 5.73 Å². The fourth-order valence-electron chi connectivity index (χ4n) is 3.68. The Morgan fingerprint density at radius 1 is 0.704 bits per heavy atom. The third kappa shape index (κ3) is 3.64. The third-order valence-electron chi connectivity index (χ3n) is 6.00. The first kappa shape index (κ1) is 19.2. The van der Waals surface area contributed by atoms with Crippen LogP contribution in [0.5, 0.6) is 0 Å². The Hall–Kier alpha value is -2.54. The molecule has 0 aliphatic carbocycles. The van der Waals surface area contributed by atoms with Gasteiger partial charge in [0.25, 0.3) is 0 Å². The number of nitrogen functional groups attached to an aromatic ring is 1. The van der Waals surface area contributed by atoms with Crippen LogP contribution in [0.2, 0.25) is 0 Å². The first-order chi connectivity index (χ1) is 12.8. The zero-order chi connectivity index (χ0) is 19.7. The van der Waals surface area contributed by atoms with E-state index < -0.39 is 0 Å². The van der Waals surface area contributed by atoms with Crippen molar-refractivity contribution in [3.63, 3.8) is 0 Å². The third-order valence-corrected chi connectivity index (χ3v) is 6.00. The van der Waals surface area contributed by atoms with Gasteiger partial charge in [0.2, 0.25) is 0 Å². The second-order valence-electron chi connectivity index (χ2n) is 7.90. The van der Waals surface area contributed by atoms with Gasteiger partial charge in [0.15, 0.2) is 0 Å². The largest absolute Gasteiger partial charge is 0.398 e. The van der Waals surface area contributed by atoms with Crippen LogP contribution in [0.4, 0.5) is 5.69 Å². The van der Waals surface area contributed by atoms with E-state index >= 15 is 0 Å². The maximum absolute atomic E-state index is 6.56. The van der Waals surface area contributed by atoms with E-state index in [0.717, 1.165) is 12.1 Å². The van der Waals surface area contributed by atoms with Gasteiger partial charge in [-0.2, -0.15) is 0 Å². The Kier molecular flexibility index (Phi) is 5.41. The summed E-state index contributed by atoms with van der Waals surface area (Å²) in [5, 5.41) is 0. The van der Waals surface area contributed by atoms with Gasteiger partial charge in [-0.3, -0.25) is 0 Å². The van der Waals surface area contributed by atoms with E-state index in [-0.39, 0.29) is 0 Å². The molecule has 0 fully saturated rings. The molecule has 1 atom stereocenters. The second kappa shape index (κ2) is 7.60. The van der Waals surface area contributed by atoms with Crippen LogP contribution in [0.3, 0.4) is 0 Å². The molecule has 0 radical (unpaired) electrons. The Morgan fingerprint density at radius 2 is 1.22 bits per heavy atom. The van der Waals surface area contributed by atoms with Gasteiger partial charge in [0, 0.05) is 11.3 Å². The number of anilines is 1. The van der Waals surface area contributed by atoms with Gasteiger partial charge in [0.1, 0.15) is 0 Å². The molecule has 0 heterocycles. The number of hydrogen-bond acceptors (Lipinski definition) is 1. The van der Waals surface area contributed by atoms with Gasteiger partial charge in [-0.15, -0.1) is 0 Å². The first-order valence-corrected chi connectivity index (χ1v) is 9.91. The molecular formula is C26H31N. The average Bonchev–Trinajstić information content (AvgIpc) is 2.65. The van der Waals surface area contributed by atoms with Crippen LogP contribution >= 0.6 is 0 Å². The van der Waals surface area contributed by atoms with E-state index in [0.29, 0.717) is 5.92 Å². The van der Waals surface area contributed by atoms with Gasteiger partial charge < -0.3 is 5.73 Å². The molecular weight excluding hydrogens is 326 g/mol. The zero-order valence-corrected chi connectivity index (χ0v) is 17.5. The van der Waals surface area contributed by atoms with Crippen molar-refractivity contribution >= 4 is 5.69 Å². The van der Waals surface area contributed by atoms with Crippen molar-refractivity contribution in [3.8, 4) is 22.3 Å². The lowest BCUT2D eigenvalue weighted by Crippen LogP contribution is -2.02. The van der Waals surface area contributed by atoms with E-state index in [4.69, 9.17) is 5.73 Å². The molecule has 0 aliphatic heterocycles. The summed E-state index contributed by atoms with van der Waals surface area (Å²) in [5.41, 5.74) is 18.9. The molecule has 0 saturated carbocycles. The van der Waals surface area contributed by atoms with Crippen LogP contribution in [0.1, 0.15) is 54.0 Å². The average molecular weight is 358 g/mol. The fourth-order valence-corrected chi connectivity index (χ4v) is 3.68. The first-order valence-electron chi connectivity index (χ1n) is 9.91. The Labute approximate surface area is 164 Å². The van der Waals surface area contributed by atoms with Gasteiger partial charge in [-0.1, -0.05) is 56.3 Å². The molecule has 3 aromatic rings. The predicted molar refractivity (Wildman–Crippen MR) is 119 cm³/mol. The zero-order valence-electron chi connectivity index (χ0n) is 17.5. The molecule has 140 valence electrons. The lowest BCUT2D eigenvalue weighted by atomic mass is 9.83. The molecule has 0 spiro atoms. The molecule has 3 aromatic carbocycles. The highest BCUT2D eigenvalue weighted by Crippen LogP contribution is 2.43. The number of aryl methyl sites for hydroxylation is 4. The quantitative estimate of drug-likeness (QED) is 0.485. The highest BCUT2D eigenvalue weighted by Gasteiger charge is 2.19. The van der Waals surface area contributed by atoms with Gasteiger partial charge >= 0.3 is 0 Å². The molecule has 0 aliphatic rings. The summed E-state index contributed by atoms with van der Waals surface area (Å²) in [6.07, 6.45) is 1.11.